The van der Waals surface area contributed by atoms with E-state index in [4.69, 9.17) is 6.42 Å². The second kappa shape index (κ2) is 4.63. The summed E-state index contributed by atoms with van der Waals surface area (Å²) in [6, 6.07) is 8.14. The smallest absolute Gasteiger partial charge is 0.0950 e. The van der Waals surface area contributed by atoms with E-state index in [-0.39, 0.29) is 6.04 Å². The lowest BCUT2D eigenvalue weighted by Crippen LogP contribution is -2.14. The van der Waals surface area contributed by atoms with E-state index < -0.39 is 0 Å². The second-order valence-corrected chi connectivity index (χ2v) is 3.73. The largest absolute Gasteiger partial charge is 0.380 e. The van der Waals surface area contributed by atoms with Gasteiger partial charge in [-0.2, -0.15) is 10.2 Å². The van der Waals surface area contributed by atoms with E-state index in [1.54, 1.807) is 6.20 Å². The van der Waals surface area contributed by atoms with Crippen molar-refractivity contribution in [3.05, 3.63) is 30.5 Å². The molecule has 0 aliphatic heterocycles. The molecule has 0 aliphatic carbocycles. The van der Waals surface area contributed by atoms with Crippen molar-refractivity contribution < 1.29 is 0 Å². The zero-order valence-electron chi connectivity index (χ0n) is 9.14. The first kappa shape index (κ1) is 10.4. The average molecular weight is 211 g/mol. The SMILES string of the molecule is C#CCC(C)Nc1cnnc2ccccc12. The summed E-state index contributed by atoms with van der Waals surface area (Å²) in [7, 11) is 0. The number of anilines is 1. The quantitative estimate of drug-likeness (QED) is 0.792. The summed E-state index contributed by atoms with van der Waals surface area (Å²) in [5.74, 6) is 2.64. The molecule has 1 heterocycles. The summed E-state index contributed by atoms with van der Waals surface area (Å²) >= 11 is 0. The van der Waals surface area contributed by atoms with Crippen molar-refractivity contribution in [3.63, 3.8) is 0 Å². The first-order valence-electron chi connectivity index (χ1n) is 5.21. The summed E-state index contributed by atoms with van der Waals surface area (Å²) in [4.78, 5) is 0. The molecule has 1 aromatic heterocycles. The number of terminal acetylenes is 1. The molecular formula is C13H13N3. The molecule has 0 bridgehead atoms. The van der Waals surface area contributed by atoms with Crippen LogP contribution in [-0.2, 0) is 0 Å². The van der Waals surface area contributed by atoms with Crippen molar-refractivity contribution in [2.45, 2.75) is 19.4 Å². The fourth-order valence-corrected chi connectivity index (χ4v) is 1.62. The van der Waals surface area contributed by atoms with Gasteiger partial charge in [-0.25, -0.2) is 0 Å². The maximum Gasteiger partial charge on any atom is 0.0950 e. The van der Waals surface area contributed by atoms with Crippen molar-refractivity contribution in [1.29, 1.82) is 0 Å². The third kappa shape index (κ3) is 2.12. The molecule has 0 aliphatic rings. The Morgan fingerprint density at radius 3 is 3.06 bits per heavy atom. The van der Waals surface area contributed by atoms with E-state index >= 15 is 0 Å². The summed E-state index contributed by atoms with van der Waals surface area (Å²) in [5.41, 5.74) is 1.87. The highest BCUT2D eigenvalue weighted by molar-refractivity contribution is 5.90. The number of nitrogens with one attached hydrogen (secondary N) is 1. The minimum Gasteiger partial charge on any atom is -0.380 e. The van der Waals surface area contributed by atoms with Gasteiger partial charge < -0.3 is 5.32 Å². The van der Waals surface area contributed by atoms with Gasteiger partial charge in [0.25, 0.3) is 0 Å². The lowest BCUT2D eigenvalue weighted by Gasteiger charge is -2.13. The molecule has 1 aromatic carbocycles. The second-order valence-electron chi connectivity index (χ2n) is 3.73. The van der Waals surface area contributed by atoms with E-state index in [2.05, 4.69) is 28.4 Å². The van der Waals surface area contributed by atoms with Gasteiger partial charge in [-0.1, -0.05) is 18.2 Å². The van der Waals surface area contributed by atoms with Crippen LogP contribution in [0.1, 0.15) is 13.3 Å². The van der Waals surface area contributed by atoms with Gasteiger partial charge in [-0.3, -0.25) is 0 Å². The Hall–Kier alpha value is -2.08. The van der Waals surface area contributed by atoms with E-state index in [1.807, 2.05) is 24.3 Å². The van der Waals surface area contributed by atoms with Crippen LogP contribution in [0.5, 0.6) is 0 Å². The van der Waals surface area contributed by atoms with Crippen LogP contribution in [0.25, 0.3) is 10.9 Å². The molecule has 1 unspecified atom stereocenters. The minimum atomic E-state index is 0.234. The molecule has 0 saturated carbocycles. The average Bonchev–Trinajstić information content (AvgIpc) is 2.30. The molecule has 0 saturated heterocycles. The highest BCUT2D eigenvalue weighted by Crippen LogP contribution is 2.20. The first-order valence-corrected chi connectivity index (χ1v) is 5.21. The molecule has 3 heteroatoms. The van der Waals surface area contributed by atoms with Crippen LogP contribution in [0.3, 0.4) is 0 Å². The number of aromatic nitrogens is 2. The lowest BCUT2D eigenvalue weighted by molar-refractivity contribution is 0.828. The normalized spacial score (nSPS) is 12.0. The summed E-state index contributed by atoms with van der Waals surface area (Å²) in [6.45, 7) is 2.05. The Kier molecular flexibility index (Phi) is 3.02. The van der Waals surface area contributed by atoms with E-state index in [9.17, 15) is 0 Å². The molecule has 3 nitrogen and oxygen atoms in total. The Balaban J connectivity index is 2.34. The number of nitrogens with zero attached hydrogens (tertiary/aromatic N) is 2. The Morgan fingerprint density at radius 2 is 2.25 bits per heavy atom. The minimum absolute atomic E-state index is 0.234. The van der Waals surface area contributed by atoms with Gasteiger partial charge >= 0.3 is 0 Å². The highest BCUT2D eigenvalue weighted by atomic mass is 15.1. The molecule has 0 fully saturated rings. The van der Waals surface area contributed by atoms with Gasteiger partial charge in [-0.15, -0.1) is 12.3 Å². The van der Waals surface area contributed by atoms with E-state index in [0.717, 1.165) is 16.6 Å². The van der Waals surface area contributed by atoms with Gasteiger partial charge in [0.1, 0.15) is 0 Å². The number of rotatable bonds is 3. The van der Waals surface area contributed by atoms with Crippen molar-refractivity contribution in [3.8, 4) is 12.3 Å². The van der Waals surface area contributed by atoms with Crippen LogP contribution in [0, 0.1) is 12.3 Å². The standard InChI is InChI=1S/C13H13N3/c1-3-6-10(2)15-13-9-14-16-12-8-5-4-7-11(12)13/h1,4-5,7-10H,6H2,2H3,(H,15,16). The fourth-order valence-electron chi connectivity index (χ4n) is 1.62. The van der Waals surface area contributed by atoms with Crippen LogP contribution in [0.2, 0.25) is 0 Å². The molecule has 2 rings (SSSR count). The monoisotopic (exact) mass is 211 g/mol. The van der Waals surface area contributed by atoms with Gasteiger partial charge in [0.05, 0.1) is 17.4 Å². The predicted octanol–water partition coefficient (Wildman–Crippen LogP) is 2.45. The number of hydrogen-bond donors (Lipinski definition) is 1. The van der Waals surface area contributed by atoms with Crippen molar-refractivity contribution in [2.24, 2.45) is 0 Å². The molecule has 2 aromatic rings. The van der Waals surface area contributed by atoms with Crippen LogP contribution >= 0.6 is 0 Å². The Bertz CT molecular complexity index is 523. The maximum absolute atomic E-state index is 5.28. The van der Waals surface area contributed by atoms with Crippen LogP contribution in [0.4, 0.5) is 5.69 Å². The Morgan fingerprint density at radius 1 is 1.44 bits per heavy atom. The van der Waals surface area contributed by atoms with Gasteiger partial charge in [0, 0.05) is 17.8 Å². The zero-order chi connectivity index (χ0) is 11.4. The van der Waals surface area contributed by atoms with Crippen molar-refractivity contribution in [1.82, 2.24) is 10.2 Å². The van der Waals surface area contributed by atoms with Gasteiger partial charge in [0.2, 0.25) is 0 Å². The van der Waals surface area contributed by atoms with Crippen LogP contribution in [-0.4, -0.2) is 16.2 Å². The van der Waals surface area contributed by atoms with Crippen LogP contribution in [0.15, 0.2) is 30.5 Å². The summed E-state index contributed by atoms with van der Waals surface area (Å²) < 4.78 is 0. The summed E-state index contributed by atoms with van der Waals surface area (Å²) in [5, 5.41) is 12.4. The molecule has 16 heavy (non-hydrogen) atoms. The molecule has 0 amide bonds. The molecule has 1 atom stereocenters. The number of benzene rings is 1. The molecule has 0 radical (unpaired) electrons. The Labute approximate surface area is 94.9 Å². The zero-order valence-corrected chi connectivity index (χ0v) is 9.14. The number of fused-ring (bicyclic) bond motifs is 1. The van der Waals surface area contributed by atoms with Crippen LogP contribution < -0.4 is 5.32 Å². The molecule has 80 valence electrons. The lowest BCUT2D eigenvalue weighted by atomic mass is 10.2. The molecular weight excluding hydrogens is 198 g/mol. The van der Waals surface area contributed by atoms with Crippen molar-refractivity contribution in [2.75, 3.05) is 5.32 Å². The summed E-state index contributed by atoms with van der Waals surface area (Å²) in [6.07, 6.45) is 7.70. The highest BCUT2D eigenvalue weighted by Gasteiger charge is 2.04. The third-order valence-corrected chi connectivity index (χ3v) is 2.37. The predicted molar refractivity (Wildman–Crippen MR) is 66.1 cm³/mol. The van der Waals surface area contributed by atoms with Gasteiger partial charge in [0.15, 0.2) is 0 Å². The van der Waals surface area contributed by atoms with E-state index in [0.29, 0.717) is 6.42 Å². The van der Waals surface area contributed by atoms with Crippen molar-refractivity contribution >= 4 is 16.6 Å². The fraction of sp³-hybridized carbons (Fsp3) is 0.231. The maximum atomic E-state index is 5.28. The molecule has 1 N–H and O–H groups in total. The third-order valence-electron chi connectivity index (χ3n) is 2.37. The van der Waals surface area contributed by atoms with Gasteiger partial charge in [-0.05, 0) is 13.0 Å². The topological polar surface area (TPSA) is 37.8 Å². The number of hydrogen-bond acceptors (Lipinski definition) is 3. The van der Waals surface area contributed by atoms with E-state index in [1.165, 1.54) is 0 Å². The first-order chi connectivity index (χ1) is 7.81. The molecule has 0 spiro atoms.